The van der Waals surface area contributed by atoms with Gasteiger partial charge in [0.25, 0.3) is 5.91 Å². The van der Waals surface area contributed by atoms with Crippen molar-refractivity contribution in [3.8, 4) is 0 Å². The van der Waals surface area contributed by atoms with Crippen molar-refractivity contribution in [2.24, 2.45) is 5.92 Å². The van der Waals surface area contributed by atoms with Gasteiger partial charge in [0, 0.05) is 25.1 Å². The third kappa shape index (κ3) is 2.86. The highest BCUT2D eigenvalue weighted by Gasteiger charge is 2.35. The molecule has 108 valence electrons. The van der Waals surface area contributed by atoms with Gasteiger partial charge < -0.3 is 14.7 Å². The van der Waals surface area contributed by atoms with Gasteiger partial charge in [-0.05, 0) is 31.4 Å². The number of carboxylic acid groups (broad SMARTS) is 1. The van der Waals surface area contributed by atoms with Gasteiger partial charge in [-0.15, -0.1) is 11.3 Å². The number of rotatable bonds is 5. The molecule has 1 aliphatic heterocycles. The first-order valence-electron chi connectivity index (χ1n) is 6.87. The molecule has 0 spiro atoms. The van der Waals surface area contributed by atoms with Crippen LogP contribution in [0.15, 0.2) is 12.1 Å². The average molecular weight is 295 g/mol. The summed E-state index contributed by atoms with van der Waals surface area (Å²) in [5.74, 6) is -0.591. The predicted molar refractivity (Wildman–Crippen MR) is 74.3 cm³/mol. The molecule has 0 bridgehead atoms. The molecular formula is C14H17NO4S. The number of aromatic carboxylic acids is 1. The topological polar surface area (TPSA) is 66.8 Å². The Morgan fingerprint density at radius 3 is 2.60 bits per heavy atom. The van der Waals surface area contributed by atoms with Crippen LogP contribution in [0, 0.1) is 5.92 Å². The van der Waals surface area contributed by atoms with Crippen LogP contribution in [0.25, 0.3) is 0 Å². The van der Waals surface area contributed by atoms with Crippen molar-refractivity contribution in [2.75, 3.05) is 19.8 Å². The van der Waals surface area contributed by atoms with E-state index in [1.807, 2.05) is 4.90 Å². The molecule has 1 aliphatic carbocycles. The minimum absolute atomic E-state index is 0.0306. The molecule has 1 saturated heterocycles. The first kappa shape index (κ1) is 13.6. The van der Waals surface area contributed by atoms with E-state index in [2.05, 4.69) is 0 Å². The van der Waals surface area contributed by atoms with E-state index in [1.54, 1.807) is 6.07 Å². The molecule has 20 heavy (non-hydrogen) atoms. The van der Waals surface area contributed by atoms with Crippen LogP contribution in [0.5, 0.6) is 0 Å². The van der Waals surface area contributed by atoms with Gasteiger partial charge in [0.1, 0.15) is 4.88 Å². The fraction of sp³-hybridized carbons (Fsp3) is 0.571. The Morgan fingerprint density at radius 2 is 2.05 bits per heavy atom. The summed E-state index contributed by atoms with van der Waals surface area (Å²) >= 11 is 1.06. The maximum Gasteiger partial charge on any atom is 0.345 e. The van der Waals surface area contributed by atoms with Gasteiger partial charge in [-0.3, -0.25) is 4.79 Å². The number of amides is 1. The lowest BCUT2D eigenvalue weighted by Crippen LogP contribution is -2.37. The average Bonchev–Trinajstić information content (AvgIpc) is 2.95. The van der Waals surface area contributed by atoms with Gasteiger partial charge in [0.15, 0.2) is 0 Å². The number of ether oxygens (including phenoxy) is 1. The van der Waals surface area contributed by atoms with Crippen molar-refractivity contribution in [1.82, 2.24) is 4.90 Å². The van der Waals surface area contributed by atoms with E-state index < -0.39 is 5.97 Å². The lowest BCUT2D eigenvalue weighted by molar-refractivity contribution is 0.0698. The van der Waals surface area contributed by atoms with Gasteiger partial charge in [0.05, 0.1) is 11.5 Å². The fourth-order valence-corrected chi connectivity index (χ4v) is 3.30. The van der Waals surface area contributed by atoms with Crippen molar-refractivity contribution in [3.05, 3.63) is 21.9 Å². The molecule has 6 heteroatoms. The molecule has 2 fully saturated rings. The molecule has 3 rings (SSSR count). The zero-order valence-corrected chi connectivity index (χ0v) is 11.9. The van der Waals surface area contributed by atoms with E-state index in [1.165, 1.54) is 6.07 Å². The van der Waals surface area contributed by atoms with Crippen LogP contribution < -0.4 is 0 Å². The van der Waals surface area contributed by atoms with E-state index in [0.29, 0.717) is 16.8 Å². The zero-order valence-electron chi connectivity index (χ0n) is 11.1. The summed E-state index contributed by atoms with van der Waals surface area (Å²) in [4.78, 5) is 26.1. The van der Waals surface area contributed by atoms with Gasteiger partial charge in [-0.1, -0.05) is 0 Å². The van der Waals surface area contributed by atoms with Crippen LogP contribution >= 0.6 is 11.3 Å². The van der Waals surface area contributed by atoms with Crippen molar-refractivity contribution < 1.29 is 19.4 Å². The molecule has 1 saturated carbocycles. The molecule has 1 aromatic rings. The first-order valence-corrected chi connectivity index (χ1v) is 7.68. The second-order valence-corrected chi connectivity index (χ2v) is 6.47. The molecule has 1 aromatic heterocycles. The summed E-state index contributed by atoms with van der Waals surface area (Å²) in [7, 11) is 0. The number of carbonyl (C=O) groups excluding carboxylic acids is 1. The summed E-state index contributed by atoms with van der Waals surface area (Å²) in [6, 6.07) is 3.46. The van der Waals surface area contributed by atoms with Crippen LogP contribution in [0.2, 0.25) is 0 Å². The Bertz CT molecular complexity index is 517. The van der Waals surface area contributed by atoms with Crippen molar-refractivity contribution in [2.45, 2.75) is 25.3 Å². The summed E-state index contributed by atoms with van der Waals surface area (Å²) in [6.07, 6.45) is 3.11. The van der Waals surface area contributed by atoms with E-state index >= 15 is 0 Å². The first-order chi connectivity index (χ1) is 9.65. The van der Waals surface area contributed by atoms with Crippen LogP contribution in [-0.4, -0.2) is 47.7 Å². The summed E-state index contributed by atoms with van der Waals surface area (Å²) in [5.41, 5.74) is 0. The van der Waals surface area contributed by atoms with E-state index in [-0.39, 0.29) is 10.8 Å². The second-order valence-electron chi connectivity index (χ2n) is 5.39. The Hall–Kier alpha value is -1.40. The van der Waals surface area contributed by atoms with Crippen LogP contribution in [0.1, 0.15) is 38.6 Å². The number of hydrogen-bond acceptors (Lipinski definition) is 4. The van der Waals surface area contributed by atoms with E-state index in [4.69, 9.17) is 9.84 Å². The minimum atomic E-state index is -0.976. The predicted octanol–water partition coefficient (Wildman–Crippen LogP) is 2.09. The normalized spacial score (nSPS) is 21.9. The number of carbonyl (C=O) groups is 2. The monoisotopic (exact) mass is 295 g/mol. The largest absolute Gasteiger partial charge is 0.477 e. The van der Waals surface area contributed by atoms with E-state index in [9.17, 15) is 9.59 Å². The molecule has 2 aliphatic rings. The molecule has 1 N–H and O–H groups in total. The standard InChI is InChI=1S/C14H17NO4S/c16-13(11-3-4-12(20-11)14(17)18)15(10-1-2-10)7-9-5-6-19-8-9/h3-4,9-10H,1-2,5-8H2,(H,17,18)/t9-/m1/s1. The summed E-state index contributed by atoms with van der Waals surface area (Å²) in [5, 5.41) is 8.94. The highest BCUT2D eigenvalue weighted by Crippen LogP contribution is 2.31. The van der Waals surface area contributed by atoms with Crippen LogP contribution in [-0.2, 0) is 4.74 Å². The molecule has 5 nitrogen and oxygen atoms in total. The third-order valence-corrected chi connectivity index (χ3v) is 4.82. The Kier molecular flexibility index (Phi) is 3.76. The molecular weight excluding hydrogens is 278 g/mol. The highest BCUT2D eigenvalue weighted by atomic mass is 32.1. The van der Waals surface area contributed by atoms with Gasteiger partial charge in [-0.2, -0.15) is 0 Å². The Morgan fingerprint density at radius 1 is 1.30 bits per heavy atom. The molecule has 0 aromatic carbocycles. The molecule has 2 heterocycles. The molecule has 0 radical (unpaired) electrons. The fourth-order valence-electron chi connectivity index (χ4n) is 2.50. The molecule has 0 unspecified atom stereocenters. The minimum Gasteiger partial charge on any atom is -0.477 e. The number of thiophene rings is 1. The van der Waals surface area contributed by atoms with E-state index in [0.717, 1.165) is 50.4 Å². The quantitative estimate of drug-likeness (QED) is 0.903. The van der Waals surface area contributed by atoms with Crippen molar-refractivity contribution in [1.29, 1.82) is 0 Å². The number of hydrogen-bond donors (Lipinski definition) is 1. The Balaban J connectivity index is 1.72. The van der Waals surface area contributed by atoms with Crippen molar-refractivity contribution >= 4 is 23.2 Å². The second kappa shape index (κ2) is 5.54. The number of nitrogens with zero attached hydrogens (tertiary/aromatic N) is 1. The third-order valence-electron chi connectivity index (χ3n) is 3.75. The van der Waals surface area contributed by atoms with Gasteiger partial charge >= 0.3 is 5.97 Å². The lowest BCUT2D eigenvalue weighted by Gasteiger charge is -2.24. The number of carboxylic acids is 1. The maximum absolute atomic E-state index is 12.6. The molecule has 1 atom stereocenters. The van der Waals surface area contributed by atoms with Gasteiger partial charge in [0.2, 0.25) is 0 Å². The smallest absolute Gasteiger partial charge is 0.345 e. The zero-order chi connectivity index (χ0) is 14.1. The maximum atomic E-state index is 12.6. The SMILES string of the molecule is O=C(O)c1ccc(C(=O)N(C[C@H]2CCOC2)C2CC2)s1. The van der Waals surface area contributed by atoms with Crippen molar-refractivity contribution in [3.63, 3.8) is 0 Å². The summed E-state index contributed by atoms with van der Waals surface area (Å²) < 4.78 is 5.37. The lowest BCUT2D eigenvalue weighted by atomic mass is 10.1. The molecule has 1 amide bonds. The highest BCUT2D eigenvalue weighted by molar-refractivity contribution is 7.15. The Labute approximate surface area is 121 Å². The van der Waals surface area contributed by atoms with Crippen LogP contribution in [0.4, 0.5) is 0 Å². The van der Waals surface area contributed by atoms with Gasteiger partial charge in [-0.25, -0.2) is 4.79 Å². The van der Waals surface area contributed by atoms with Crippen LogP contribution in [0.3, 0.4) is 0 Å². The summed E-state index contributed by atoms with van der Waals surface area (Å²) in [6.45, 7) is 2.23.